The number of aromatic amines is 1. The highest BCUT2D eigenvalue weighted by Crippen LogP contribution is 2.03. The lowest BCUT2D eigenvalue weighted by atomic mass is 10.5. The van der Waals surface area contributed by atoms with E-state index < -0.39 is 0 Å². The van der Waals surface area contributed by atoms with Gasteiger partial charge in [-0.2, -0.15) is 0 Å². The SMILES string of the molecule is Cc1c[nH]c(=S)n1Cc1nncn1C. The summed E-state index contributed by atoms with van der Waals surface area (Å²) in [5.74, 6) is 0.892. The highest BCUT2D eigenvalue weighted by atomic mass is 32.1. The fourth-order valence-electron chi connectivity index (χ4n) is 1.27. The molecule has 2 rings (SSSR count). The van der Waals surface area contributed by atoms with Crippen molar-refractivity contribution in [2.24, 2.45) is 7.05 Å². The molecule has 2 aromatic rings. The number of aryl methyl sites for hydroxylation is 2. The Morgan fingerprint density at radius 1 is 1.57 bits per heavy atom. The van der Waals surface area contributed by atoms with Crippen molar-refractivity contribution in [1.29, 1.82) is 0 Å². The first-order valence-electron chi connectivity index (χ1n) is 4.26. The van der Waals surface area contributed by atoms with E-state index in [-0.39, 0.29) is 0 Å². The largest absolute Gasteiger partial charge is 0.337 e. The average molecular weight is 209 g/mol. The lowest BCUT2D eigenvalue weighted by molar-refractivity contribution is 0.676. The van der Waals surface area contributed by atoms with Crippen LogP contribution in [-0.4, -0.2) is 24.3 Å². The minimum absolute atomic E-state index is 0.657. The molecule has 2 heterocycles. The molecule has 0 atom stereocenters. The predicted molar refractivity (Wildman–Crippen MR) is 54.5 cm³/mol. The van der Waals surface area contributed by atoms with Crippen LogP contribution in [-0.2, 0) is 13.6 Å². The molecule has 0 spiro atoms. The van der Waals surface area contributed by atoms with Gasteiger partial charge in [-0.1, -0.05) is 0 Å². The van der Waals surface area contributed by atoms with Crippen molar-refractivity contribution >= 4 is 12.2 Å². The molecule has 0 saturated carbocycles. The maximum atomic E-state index is 5.14. The first kappa shape index (κ1) is 9.14. The van der Waals surface area contributed by atoms with Crippen molar-refractivity contribution in [2.75, 3.05) is 0 Å². The van der Waals surface area contributed by atoms with Gasteiger partial charge in [-0.3, -0.25) is 0 Å². The number of aromatic nitrogens is 5. The highest BCUT2D eigenvalue weighted by molar-refractivity contribution is 7.71. The van der Waals surface area contributed by atoms with E-state index >= 15 is 0 Å². The second-order valence-corrected chi connectivity index (χ2v) is 3.57. The zero-order chi connectivity index (χ0) is 10.1. The van der Waals surface area contributed by atoms with Crippen molar-refractivity contribution in [3.05, 3.63) is 28.8 Å². The van der Waals surface area contributed by atoms with Crippen LogP contribution in [0.1, 0.15) is 11.5 Å². The molecular weight excluding hydrogens is 198 g/mol. The Hall–Kier alpha value is -1.43. The first-order valence-corrected chi connectivity index (χ1v) is 4.67. The number of H-pyrrole nitrogens is 1. The summed E-state index contributed by atoms with van der Waals surface area (Å²) in [6.45, 7) is 2.66. The summed E-state index contributed by atoms with van der Waals surface area (Å²) in [7, 11) is 1.92. The third kappa shape index (κ3) is 1.48. The Labute approximate surface area is 86.4 Å². The van der Waals surface area contributed by atoms with Crippen LogP contribution < -0.4 is 0 Å². The van der Waals surface area contributed by atoms with Gasteiger partial charge in [-0.25, -0.2) is 0 Å². The van der Waals surface area contributed by atoms with Crippen LogP contribution in [0.3, 0.4) is 0 Å². The fourth-order valence-corrected chi connectivity index (χ4v) is 1.54. The van der Waals surface area contributed by atoms with Gasteiger partial charge in [-0.05, 0) is 19.1 Å². The lowest BCUT2D eigenvalue weighted by Crippen LogP contribution is -2.07. The molecule has 2 aromatic heterocycles. The maximum absolute atomic E-state index is 5.14. The molecular formula is C8H11N5S. The topological polar surface area (TPSA) is 51.4 Å². The van der Waals surface area contributed by atoms with E-state index in [1.165, 1.54) is 0 Å². The van der Waals surface area contributed by atoms with E-state index in [1.54, 1.807) is 6.33 Å². The van der Waals surface area contributed by atoms with Gasteiger partial charge in [0.25, 0.3) is 0 Å². The molecule has 0 saturated heterocycles. The van der Waals surface area contributed by atoms with Crippen LogP contribution in [0.15, 0.2) is 12.5 Å². The molecule has 0 aromatic carbocycles. The molecule has 0 aliphatic rings. The Kier molecular flexibility index (Phi) is 2.20. The summed E-state index contributed by atoms with van der Waals surface area (Å²) in [5.41, 5.74) is 1.10. The number of nitrogens with zero attached hydrogens (tertiary/aromatic N) is 4. The lowest BCUT2D eigenvalue weighted by Gasteiger charge is -2.03. The van der Waals surface area contributed by atoms with E-state index in [1.807, 2.05) is 29.3 Å². The van der Waals surface area contributed by atoms with E-state index in [0.29, 0.717) is 11.3 Å². The molecule has 74 valence electrons. The Morgan fingerprint density at radius 2 is 2.36 bits per heavy atom. The summed E-state index contributed by atoms with van der Waals surface area (Å²) in [6.07, 6.45) is 3.57. The smallest absolute Gasteiger partial charge is 0.177 e. The van der Waals surface area contributed by atoms with Gasteiger partial charge in [0.1, 0.15) is 6.33 Å². The molecule has 1 N–H and O–H groups in total. The molecule has 0 fully saturated rings. The molecule has 0 aliphatic heterocycles. The monoisotopic (exact) mass is 209 g/mol. The minimum atomic E-state index is 0.657. The number of hydrogen-bond acceptors (Lipinski definition) is 3. The van der Waals surface area contributed by atoms with Crippen LogP contribution in [0, 0.1) is 11.7 Å². The van der Waals surface area contributed by atoms with Gasteiger partial charge >= 0.3 is 0 Å². The maximum Gasteiger partial charge on any atom is 0.177 e. The van der Waals surface area contributed by atoms with Crippen molar-refractivity contribution in [3.63, 3.8) is 0 Å². The van der Waals surface area contributed by atoms with Crippen LogP contribution in [0.2, 0.25) is 0 Å². The quantitative estimate of drug-likeness (QED) is 0.752. The first-order chi connectivity index (χ1) is 6.68. The van der Waals surface area contributed by atoms with E-state index in [9.17, 15) is 0 Å². The second-order valence-electron chi connectivity index (χ2n) is 3.18. The number of rotatable bonds is 2. The third-order valence-corrected chi connectivity index (χ3v) is 2.52. The summed E-state index contributed by atoms with van der Waals surface area (Å²) in [5, 5.41) is 7.82. The number of nitrogens with one attached hydrogen (secondary N) is 1. The van der Waals surface area contributed by atoms with Gasteiger partial charge in [0, 0.05) is 18.9 Å². The summed E-state index contributed by atoms with van der Waals surface area (Å²) < 4.78 is 4.58. The molecule has 0 unspecified atom stereocenters. The average Bonchev–Trinajstić information content (AvgIpc) is 2.67. The number of imidazole rings is 1. The number of hydrogen-bond donors (Lipinski definition) is 1. The zero-order valence-electron chi connectivity index (χ0n) is 8.06. The minimum Gasteiger partial charge on any atom is -0.337 e. The van der Waals surface area contributed by atoms with Gasteiger partial charge in [0.2, 0.25) is 0 Å². The van der Waals surface area contributed by atoms with Crippen molar-refractivity contribution in [3.8, 4) is 0 Å². The predicted octanol–water partition coefficient (Wildman–Crippen LogP) is 1.03. The van der Waals surface area contributed by atoms with Crippen LogP contribution in [0.4, 0.5) is 0 Å². The van der Waals surface area contributed by atoms with Gasteiger partial charge < -0.3 is 14.1 Å². The molecule has 0 aliphatic carbocycles. The molecule has 0 radical (unpaired) electrons. The van der Waals surface area contributed by atoms with E-state index in [4.69, 9.17) is 12.2 Å². The summed E-state index contributed by atoms with van der Waals surface area (Å²) in [6, 6.07) is 0. The second kappa shape index (κ2) is 3.38. The summed E-state index contributed by atoms with van der Waals surface area (Å²) in [4.78, 5) is 2.99. The molecule has 5 nitrogen and oxygen atoms in total. The molecule has 6 heteroatoms. The van der Waals surface area contributed by atoms with Gasteiger partial charge in [0.05, 0.1) is 6.54 Å². The van der Waals surface area contributed by atoms with E-state index in [0.717, 1.165) is 11.5 Å². The van der Waals surface area contributed by atoms with Crippen molar-refractivity contribution < 1.29 is 0 Å². The Balaban J connectivity index is 2.36. The van der Waals surface area contributed by atoms with Crippen LogP contribution >= 0.6 is 12.2 Å². The van der Waals surface area contributed by atoms with Crippen LogP contribution in [0.5, 0.6) is 0 Å². The summed E-state index contributed by atoms with van der Waals surface area (Å²) >= 11 is 5.14. The van der Waals surface area contributed by atoms with Gasteiger partial charge in [-0.15, -0.1) is 10.2 Å². The molecule has 14 heavy (non-hydrogen) atoms. The molecule has 0 amide bonds. The Bertz CT molecular complexity index is 492. The van der Waals surface area contributed by atoms with Gasteiger partial charge in [0.15, 0.2) is 10.6 Å². The third-order valence-electron chi connectivity index (χ3n) is 2.18. The molecule has 0 bridgehead atoms. The Morgan fingerprint density at radius 3 is 2.86 bits per heavy atom. The van der Waals surface area contributed by atoms with Crippen molar-refractivity contribution in [2.45, 2.75) is 13.5 Å². The highest BCUT2D eigenvalue weighted by Gasteiger charge is 2.04. The van der Waals surface area contributed by atoms with Crippen LogP contribution in [0.25, 0.3) is 0 Å². The zero-order valence-corrected chi connectivity index (χ0v) is 8.88. The van der Waals surface area contributed by atoms with E-state index in [2.05, 4.69) is 15.2 Å². The van der Waals surface area contributed by atoms with Crippen molar-refractivity contribution in [1.82, 2.24) is 24.3 Å². The fraction of sp³-hybridized carbons (Fsp3) is 0.375. The standard InChI is InChI=1S/C8H11N5S/c1-6-3-9-8(14)13(6)4-7-11-10-5-12(7)2/h3,5H,4H2,1-2H3,(H,9,14). The normalized spacial score (nSPS) is 10.7.